The summed E-state index contributed by atoms with van der Waals surface area (Å²) in [6.45, 7) is 2.66. The van der Waals surface area contributed by atoms with Crippen molar-refractivity contribution in [2.45, 2.75) is 0 Å². The summed E-state index contributed by atoms with van der Waals surface area (Å²) in [5.41, 5.74) is 0. The van der Waals surface area contributed by atoms with Gasteiger partial charge in [-0.15, -0.1) is 0 Å². The molecule has 4 nitrogen and oxygen atoms in total. The Kier molecular flexibility index (Phi) is 3.77. The molecule has 1 fully saturated rings. The molecule has 1 aromatic carbocycles. The molecule has 1 heterocycles. The van der Waals surface area contributed by atoms with Gasteiger partial charge >= 0.3 is 0 Å². The van der Waals surface area contributed by atoms with Gasteiger partial charge in [0.15, 0.2) is 0 Å². The molecule has 0 aromatic heterocycles. The maximum absolute atomic E-state index is 11.4. The molecule has 0 atom stereocenters. The molecule has 0 spiro atoms. The first kappa shape index (κ1) is 11.0. The van der Waals surface area contributed by atoms with Crippen LogP contribution in [0.15, 0.2) is 30.3 Å². The summed E-state index contributed by atoms with van der Waals surface area (Å²) < 4.78 is 5.46. The smallest absolute Gasteiger partial charge is 0.225 e. The van der Waals surface area contributed by atoms with Gasteiger partial charge in [0, 0.05) is 13.1 Å². The zero-order valence-corrected chi connectivity index (χ0v) is 9.11. The highest BCUT2D eigenvalue weighted by Crippen LogP contribution is 2.07. The van der Waals surface area contributed by atoms with Crippen molar-refractivity contribution < 1.29 is 9.53 Å². The molecule has 86 valence electrons. The standard InChI is InChI=1S/C12H16N2O2/c15-12(10-8-13-9-10)14-6-7-16-11-4-2-1-3-5-11/h1-5,10,13H,6-9H2,(H,14,15). The van der Waals surface area contributed by atoms with Gasteiger partial charge in [0.1, 0.15) is 12.4 Å². The number of para-hydroxylation sites is 1. The van der Waals surface area contributed by atoms with Gasteiger partial charge in [0.25, 0.3) is 0 Å². The fraction of sp³-hybridized carbons (Fsp3) is 0.417. The van der Waals surface area contributed by atoms with Crippen molar-refractivity contribution in [1.82, 2.24) is 10.6 Å². The van der Waals surface area contributed by atoms with Crippen LogP contribution in [0.3, 0.4) is 0 Å². The second-order valence-electron chi connectivity index (χ2n) is 3.81. The van der Waals surface area contributed by atoms with Crippen LogP contribution >= 0.6 is 0 Å². The summed E-state index contributed by atoms with van der Waals surface area (Å²) in [4.78, 5) is 11.4. The molecule has 2 rings (SSSR count). The van der Waals surface area contributed by atoms with Gasteiger partial charge in [-0.05, 0) is 12.1 Å². The predicted molar refractivity (Wildman–Crippen MR) is 61.3 cm³/mol. The molecule has 0 radical (unpaired) electrons. The molecule has 1 aromatic rings. The molecule has 1 aliphatic heterocycles. The number of carbonyl (C=O) groups excluding carboxylic acids is 1. The molecule has 1 aliphatic rings. The van der Waals surface area contributed by atoms with Gasteiger partial charge in [-0.1, -0.05) is 18.2 Å². The fourth-order valence-corrected chi connectivity index (χ4v) is 1.48. The van der Waals surface area contributed by atoms with Gasteiger partial charge in [-0.3, -0.25) is 4.79 Å². The highest BCUT2D eigenvalue weighted by molar-refractivity contribution is 5.79. The molecule has 4 heteroatoms. The Labute approximate surface area is 95.0 Å². The summed E-state index contributed by atoms with van der Waals surface area (Å²) in [5.74, 6) is 1.11. The van der Waals surface area contributed by atoms with E-state index in [9.17, 15) is 4.79 Å². The first-order valence-corrected chi connectivity index (χ1v) is 5.52. The average molecular weight is 220 g/mol. The molecule has 0 aliphatic carbocycles. The lowest BCUT2D eigenvalue weighted by Crippen LogP contribution is -2.51. The Hall–Kier alpha value is -1.55. The Balaban J connectivity index is 1.60. The minimum Gasteiger partial charge on any atom is -0.492 e. The van der Waals surface area contributed by atoms with Gasteiger partial charge in [-0.2, -0.15) is 0 Å². The van der Waals surface area contributed by atoms with Crippen LogP contribution in [-0.2, 0) is 4.79 Å². The third-order valence-corrected chi connectivity index (χ3v) is 2.57. The molecule has 1 saturated heterocycles. The maximum atomic E-state index is 11.4. The number of benzene rings is 1. The van der Waals surface area contributed by atoms with E-state index < -0.39 is 0 Å². The van der Waals surface area contributed by atoms with E-state index in [1.54, 1.807) is 0 Å². The number of nitrogens with one attached hydrogen (secondary N) is 2. The highest BCUT2D eigenvalue weighted by Gasteiger charge is 2.23. The van der Waals surface area contributed by atoms with Crippen LogP contribution in [0.1, 0.15) is 0 Å². The zero-order valence-electron chi connectivity index (χ0n) is 9.11. The van der Waals surface area contributed by atoms with Crippen LogP contribution in [-0.4, -0.2) is 32.1 Å². The third kappa shape index (κ3) is 2.97. The van der Waals surface area contributed by atoms with Gasteiger partial charge in [0.05, 0.1) is 12.5 Å². The molecular formula is C12H16N2O2. The summed E-state index contributed by atoms with van der Waals surface area (Å²) in [5, 5.41) is 5.92. The number of hydrogen-bond donors (Lipinski definition) is 2. The normalized spacial score (nSPS) is 15.2. The van der Waals surface area contributed by atoms with Crippen LogP contribution < -0.4 is 15.4 Å². The van der Waals surface area contributed by atoms with Crippen molar-refractivity contribution in [2.75, 3.05) is 26.2 Å². The summed E-state index contributed by atoms with van der Waals surface area (Å²) >= 11 is 0. The average Bonchev–Trinajstić information content (AvgIpc) is 2.23. The lowest BCUT2D eigenvalue weighted by atomic mass is 10.0. The fourth-order valence-electron chi connectivity index (χ4n) is 1.48. The summed E-state index contributed by atoms with van der Waals surface area (Å²) in [6, 6.07) is 9.59. The summed E-state index contributed by atoms with van der Waals surface area (Å²) in [7, 11) is 0. The van der Waals surface area contributed by atoms with E-state index in [0.717, 1.165) is 18.8 Å². The molecule has 0 bridgehead atoms. The highest BCUT2D eigenvalue weighted by atomic mass is 16.5. The van der Waals surface area contributed by atoms with Crippen LogP contribution in [0.4, 0.5) is 0 Å². The molecule has 1 amide bonds. The van der Waals surface area contributed by atoms with Crippen molar-refractivity contribution in [3.63, 3.8) is 0 Å². The number of carbonyl (C=O) groups is 1. The molecule has 0 unspecified atom stereocenters. The Morgan fingerprint density at radius 2 is 2.12 bits per heavy atom. The third-order valence-electron chi connectivity index (χ3n) is 2.57. The quantitative estimate of drug-likeness (QED) is 0.706. The number of amides is 1. The van der Waals surface area contributed by atoms with Crippen LogP contribution in [0.25, 0.3) is 0 Å². The van der Waals surface area contributed by atoms with Crippen molar-refractivity contribution >= 4 is 5.91 Å². The maximum Gasteiger partial charge on any atom is 0.225 e. The lowest BCUT2D eigenvalue weighted by Gasteiger charge is -2.25. The van der Waals surface area contributed by atoms with Crippen molar-refractivity contribution in [1.29, 1.82) is 0 Å². The second kappa shape index (κ2) is 5.51. The van der Waals surface area contributed by atoms with E-state index in [1.165, 1.54) is 0 Å². The van der Waals surface area contributed by atoms with E-state index in [2.05, 4.69) is 10.6 Å². The van der Waals surface area contributed by atoms with Crippen LogP contribution in [0.2, 0.25) is 0 Å². The monoisotopic (exact) mass is 220 g/mol. The first-order valence-electron chi connectivity index (χ1n) is 5.52. The van der Waals surface area contributed by atoms with E-state index in [0.29, 0.717) is 13.2 Å². The molecule has 16 heavy (non-hydrogen) atoms. The largest absolute Gasteiger partial charge is 0.492 e. The van der Waals surface area contributed by atoms with E-state index in [4.69, 9.17) is 4.74 Å². The molecule has 0 saturated carbocycles. The van der Waals surface area contributed by atoms with Gasteiger partial charge in [-0.25, -0.2) is 0 Å². The lowest BCUT2D eigenvalue weighted by molar-refractivity contribution is -0.126. The Morgan fingerprint density at radius 1 is 1.38 bits per heavy atom. The summed E-state index contributed by atoms with van der Waals surface area (Å²) in [6.07, 6.45) is 0. The van der Waals surface area contributed by atoms with Crippen molar-refractivity contribution in [2.24, 2.45) is 5.92 Å². The van der Waals surface area contributed by atoms with Gasteiger partial charge in [0.2, 0.25) is 5.91 Å². The molecular weight excluding hydrogens is 204 g/mol. The Morgan fingerprint density at radius 3 is 2.75 bits per heavy atom. The van der Waals surface area contributed by atoms with E-state index in [-0.39, 0.29) is 11.8 Å². The SMILES string of the molecule is O=C(NCCOc1ccccc1)C1CNC1. The van der Waals surface area contributed by atoms with Crippen molar-refractivity contribution in [3.05, 3.63) is 30.3 Å². The number of rotatable bonds is 5. The van der Waals surface area contributed by atoms with E-state index in [1.807, 2.05) is 30.3 Å². The van der Waals surface area contributed by atoms with Gasteiger partial charge < -0.3 is 15.4 Å². The van der Waals surface area contributed by atoms with Crippen LogP contribution in [0, 0.1) is 5.92 Å². The van der Waals surface area contributed by atoms with Crippen LogP contribution in [0.5, 0.6) is 5.75 Å². The minimum absolute atomic E-state index is 0.121. The second-order valence-corrected chi connectivity index (χ2v) is 3.81. The predicted octanol–water partition coefficient (Wildman–Crippen LogP) is 0.401. The Bertz CT molecular complexity index is 336. The number of hydrogen-bond acceptors (Lipinski definition) is 3. The number of ether oxygens (including phenoxy) is 1. The topological polar surface area (TPSA) is 50.4 Å². The van der Waals surface area contributed by atoms with E-state index >= 15 is 0 Å². The zero-order chi connectivity index (χ0) is 11.2. The van der Waals surface area contributed by atoms with Crippen molar-refractivity contribution in [3.8, 4) is 5.75 Å². The molecule has 2 N–H and O–H groups in total. The first-order chi connectivity index (χ1) is 7.86. The minimum atomic E-state index is 0.121.